The number of nitrogens with one attached hydrogen (secondary N) is 2. The van der Waals surface area contributed by atoms with Gasteiger partial charge in [0.15, 0.2) is 0 Å². The van der Waals surface area contributed by atoms with Crippen LogP contribution in [0.2, 0.25) is 0 Å². The molecule has 0 fully saturated rings. The molecule has 1 amide bonds. The van der Waals surface area contributed by atoms with E-state index in [1.54, 1.807) is 7.05 Å². The van der Waals surface area contributed by atoms with Gasteiger partial charge in [-0.2, -0.15) is 0 Å². The molecule has 1 atom stereocenters. The molecule has 0 spiro atoms. The summed E-state index contributed by atoms with van der Waals surface area (Å²) in [4.78, 5) is 21.9. The molecule has 0 saturated heterocycles. The number of ketones is 1. The average molecular weight is 184 g/mol. The summed E-state index contributed by atoms with van der Waals surface area (Å²) in [5, 5.41) is 5.29. The van der Waals surface area contributed by atoms with Crippen molar-refractivity contribution in [2.75, 3.05) is 7.05 Å². The summed E-state index contributed by atoms with van der Waals surface area (Å²) in [6.45, 7) is 4.88. The molecule has 4 nitrogen and oxygen atoms in total. The van der Waals surface area contributed by atoms with Crippen LogP contribution in [-0.4, -0.2) is 24.8 Å². The topological polar surface area (TPSA) is 58.2 Å². The van der Waals surface area contributed by atoms with E-state index < -0.39 is 0 Å². The number of Topliss-reactive ketones (excluding diaryl/α,β-unsaturated/α-hetero) is 1. The number of hydrogen-bond donors (Lipinski definition) is 2. The van der Waals surface area contributed by atoms with Gasteiger partial charge < -0.3 is 10.6 Å². The molecule has 2 N–H and O–H groups in total. The van der Waals surface area contributed by atoms with E-state index in [0.29, 0.717) is 12.8 Å². The first-order valence-electron chi connectivity index (χ1n) is 4.19. The van der Waals surface area contributed by atoms with E-state index in [1.807, 2.05) is 0 Å². The standard InChI is InChI=1S/C9H16N2O2/c1-4-11-9(13)6-5-8(10-3)7(2)12/h4,8,10H,1,5-6H2,2-3H3,(H,11,13). The number of rotatable bonds is 6. The Bertz CT molecular complexity index is 202. The first-order valence-corrected chi connectivity index (χ1v) is 4.19. The fraction of sp³-hybridized carbons (Fsp3) is 0.556. The molecule has 1 unspecified atom stereocenters. The Labute approximate surface area is 78.4 Å². The van der Waals surface area contributed by atoms with Crippen LogP contribution in [0.25, 0.3) is 0 Å². The zero-order valence-electron chi connectivity index (χ0n) is 8.09. The lowest BCUT2D eigenvalue weighted by atomic mass is 10.1. The second-order valence-electron chi connectivity index (χ2n) is 2.76. The normalized spacial score (nSPS) is 11.8. The molecule has 4 heteroatoms. The molecule has 0 aliphatic heterocycles. The lowest BCUT2D eigenvalue weighted by Crippen LogP contribution is -2.33. The highest BCUT2D eigenvalue weighted by molar-refractivity contribution is 5.83. The zero-order chi connectivity index (χ0) is 10.3. The van der Waals surface area contributed by atoms with E-state index in [2.05, 4.69) is 17.2 Å². The molecule has 0 aromatic carbocycles. The van der Waals surface area contributed by atoms with Gasteiger partial charge in [0.05, 0.1) is 6.04 Å². The Morgan fingerprint density at radius 3 is 2.54 bits per heavy atom. The predicted octanol–water partition coefficient (Wildman–Crippen LogP) is 0.203. The lowest BCUT2D eigenvalue weighted by Gasteiger charge is -2.11. The van der Waals surface area contributed by atoms with E-state index in [0.717, 1.165) is 0 Å². The number of carbonyl (C=O) groups is 2. The van der Waals surface area contributed by atoms with E-state index in [9.17, 15) is 9.59 Å². The van der Waals surface area contributed by atoms with Crippen molar-refractivity contribution in [3.8, 4) is 0 Å². The molecule has 0 heterocycles. The summed E-state index contributed by atoms with van der Waals surface area (Å²) in [5.74, 6) is -0.0644. The third-order valence-corrected chi connectivity index (χ3v) is 1.76. The molecule has 0 rings (SSSR count). The summed E-state index contributed by atoms with van der Waals surface area (Å²) in [6.07, 6.45) is 2.19. The second kappa shape index (κ2) is 6.37. The van der Waals surface area contributed by atoms with Gasteiger partial charge in [-0.25, -0.2) is 0 Å². The first kappa shape index (κ1) is 11.8. The fourth-order valence-corrected chi connectivity index (χ4v) is 1.01. The van der Waals surface area contributed by atoms with Crippen LogP contribution >= 0.6 is 0 Å². The maximum atomic E-state index is 11.0. The molecule has 0 aromatic heterocycles. The smallest absolute Gasteiger partial charge is 0.223 e. The predicted molar refractivity (Wildman–Crippen MR) is 51.1 cm³/mol. The minimum absolute atomic E-state index is 0.0499. The number of hydrogen-bond acceptors (Lipinski definition) is 3. The van der Waals surface area contributed by atoms with Gasteiger partial charge in [0.1, 0.15) is 5.78 Å². The monoisotopic (exact) mass is 184 g/mol. The van der Waals surface area contributed by atoms with Gasteiger partial charge in [-0.05, 0) is 26.6 Å². The molecule has 0 saturated carbocycles. The average Bonchev–Trinajstić information content (AvgIpc) is 2.05. The van der Waals surface area contributed by atoms with Crippen LogP contribution in [-0.2, 0) is 9.59 Å². The van der Waals surface area contributed by atoms with Crippen LogP contribution in [0.1, 0.15) is 19.8 Å². The SMILES string of the molecule is C=CNC(=O)CCC(NC)C(C)=O. The van der Waals surface area contributed by atoms with Crippen LogP contribution < -0.4 is 10.6 Å². The Morgan fingerprint density at radius 2 is 2.15 bits per heavy atom. The van der Waals surface area contributed by atoms with Gasteiger partial charge in [0.2, 0.25) is 5.91 Å². The summed E-state index contributed by atoms with van der Waals surface area (Å²) >= 11 is 0. The number of amides is 1. The molecule has 0 bridgehead atoms. The molecule has 0 aliphatic rings. The van der Waals surface area contributed by atoms with Gasteiger partial charge >= 0.3 is 0 Å². The molecule has 13 heavy (non-hydrogen) atoms. The summed E-state index contributed by atoms with van der Waals surface area (Å²) in [5.41, 5.74) is 0. The Kier molecular flexibility index (Phi) is 5.80. The molecule has 0 aromatic rings. The Balaban J connectivity index is 3.78. The van der Waals surface area contributed by atoms with Crippen molar-refractivity contribution in [3.63, 3.8) is 0 Å². The molecular formula is C9H16N2O2. The molecule has 74 valence electrons. The van der Waals surface area contributed by atoms with Gasteiger partial charge in [-0.1, -0.05) is 6.58 Å². The van der Waals surface area contributed by atoms with Crippen molar-refractivity contribution in [2.45, 2.75) is 25.8 Å². The number of likely N-dealkylation sites (N-methyl/N-ethyl adjacent to an activating group) is 1. The highest BCUT2D eigenvalue weighted by Gasteiger charge is 2.12. The first-order chi connectivity index (χ1) is 6.11. The van der Waals surface area contributed by atoms with Crippen molar-refractivity contribution in [1.29, 1.82) is 0 Å². The maximum Gasteiger partial charge on any atom is 0.223 e. The van der Waals surface area contributed by atoms with E-state index in [-0.39, 0.29) is 17.7 Å². The summed E-state index contributed by atoms with van der Waals surface area (Å²) in [7, 11) is 1.71. The zero-order valence-corrected chi connectivity index (χ0v) is 8.09. The van der Waals surface area contributed by atoms with Crippen molar-refractivity contribution < 1.29 is 9.59 Å². The van der Waals surface area contributed by atoms with Crippen LogP contribution in [0, 0.1) is 0 Å². The van der Waals surface area contributed by atoms with Crippen molar-refractivity contribution in [2.24, 2.45) is 0 Å². The summed E-state index contributed by atoms with van der Waals surface area (Å²) in [6, 6.07) is -0.226. The van der Waals surface area contributed by atoms with E-state index in [1.165, 1.54) is 13.1 Å². The van der Waals surface area contributed by atoms with Gasteiger partial charge in [0, 0.05) is 6.42 Å². The van der Waals surface area contributed by atoms with E-state index >= 15 is 0 Å². The highest BCUT2D eigenvalue weighted by Crippen LogP contribution is 1.97. The van der Waals surface area contributed by atoms with Crippen LogP contribution in [0.15, 0.2) is 12.8 Å². The van der Waals surface area contributed by atoms with Crippen LogP contribution in [0.4, 0.5) is 0 Å². The number of carbonyl (C=O) groups excluding carboxylic acids is 2. The van der Waals surface area contributed by atoms with Crippen molar-refractivity contribution in [1.82, 2.24) is 10.6 Å². The molecule has 0 aliphatic carbocycles. The largest absolute Gasteiger partial charge is 0.333 e. The third kappa shape index (κ3) is 5.14. The minimum Gasteiger partial charge on any atom is -0.333 e. The molecule has 0 radical (unpaired) electrons. The second-order valence-corrected chi connectivity index (χ2v) is 2.76. The minimum atomic E-state index is -0.226. The third-order valence-electron chi connectivity index (χ3n) is 1.76. The van der Waals surface area contributed by atoms with Crippen molar-refractivity contribution in [3.05, 3.63) is 12.8 Å². The summed E-state index contributed by atoms with van der Waals surface area (Å²) < 4.78 is 0. The van der Waals surface area contributed by atoms with Gasteiger partial charge in [0.25, 0.3) is 0 Å². The molecular weight excluding hydrogens is 168 g/mol. The highest BCUT2D eigenvalue weighted by atomic mass is 16.1. The Hall–Kier alpha value is -1.16. The van der Waals surface area contributed by atoms with E-state index in [4.69, 9.17) is 0 Å². The van der Waals surface area contributed by atoms with Gasteiger partial charge in [-0.15, -0.1) is 0 Å². The van der Waals surface area contributed by atoms with Crippen LogP contribution in [0.5, 0.6) is 0 Å². The van der Waals surface area contributed by atoms with Crippen molar-refractivity contribution >= 4 is 11.7 Å². The fourth-order valence-electron chi connectivity index (χ4n) is 1.01. The van der Waals surface area contributed by atoms with Crippen LogP contribution in [0.3, 0.4) is 0 Å². The quantitative estimate of drug-likeness (QED) is 0.620. The maximum absolute atomic E-state index is 11.0. The lowest BCUT2D eigenvalue weighted by molar-refractivity contribution is -0.121. The Morgan fingerprint density at radius 1 is 1.54 bits per heavy atom. The van der Waals surface area contributed by atoms with Gasteiger partial charge in [-0.3, -0.25) is 9.59 Å².